The molecule has 0 radical (unpaired) electrons. The molecular formula is C15H17NO2S. The van der Waals surface area contributed by atoms with Crippen molar-refractivity contribution >= 4 is 28.6 Å². The lowest BCUT2D eigenvalue weighted by Gasteiger charge is -2.24. The molecule has 19 heavy (non-hydrogen) atoms. The molecule has 0 saturated carbocycles. The van der Waals surface area contributed by atoms with Crippen LogP contribution in [0, 0.1) is 5.92 Å². The van der Waals surface area contributed by atoms with Gasteiger partial charge < -0.3 is 9.73 Å². The van der Waals surface area contributed by atoms with Crippen LogP contribution in [0.4, 0.5) is 0 Å². The Morgan fingerprint density at radius 2 is 2.32 bits per heavy atom. The van der Waals surface area contributed by atoms with E-state index >= 15 is 0 Å². The number of hydrogen-bond donors (Lipinski definition) is 1. The van der Waals surface area contributed by atoms with E-state index in [4.69, 9.17) is 4.42 Å². The zero-order chi connectivity index (χ0) is 13.2. The number of amides is 1. The third kappa shape index (κ3) is 2.50. The SMILES string of the molecule is CCc1ccc2occ(C(=O)NCC3CSC3)c2c1. The lowest BCUT2D eigenvalue weighted by Crippen LogP contribution is -2.34. The second kappa shape index (κ2) is 5.29. The molecule has 0 aliphatic carbocycles. The van der Waals surface area contributed by atoms with E-state index in [2.05, 4.69) is 12.2 Å². The van der Waals surface area contributed by atoms with E-state index in [1.165, 1.54) is 5.56 Å². The predicted octanol–water partition coefficient (Wildman–Crippen LogP) is 3.09. The van der Waals surface area contributed by atoms with Gasteiger partial charge in [0, 0.05) is 11.9 Å². The third-order valence-corrected chi connectivity index (χ3v) is 4.96. The first-order valence-corrected chi connectivity index (χ1v) is 7.79. The number of nitrogens with one attached hydrogen (secondary N) is 1. The van der Waals surface area contributed by atoms with Gasteiger partial charge in [0.05, 0.1) is 5.56 Å². The Kier molecular flexibility index (Phi) is 3.51. The summed E-state index contributed by atoms with van der Waals surface area (Å²) in [6.45, 7) is 2.88. The summed E-state index contributed by atoms with van der Waals surface area (Å²) in [6, 6.07) is 6.03. The Bertz CT molecular complexity index is 601. The van der Waals surface area contributed by atoms with Crippen molar-refractivity contribution in [2.45, 2.75) is 13.3 Å². The Balaban J connectivity index is 1.80. The van der Waals surface area contributed by atoms with Crippen LogP contribution in [0.5, 0.6) is 0 Å². The summed E-state index contributed by atoms with van der Waals surface area (Å²) in [5.74, 6) is 2.93. The average Bonchev–Trinajstić information content (AvgIpc) is 2.79. The number of rotatable bonds is 4. The second-order valence-electron chi connectivity index (χ2n) is 4.95. The number of aryl methyl sites for hydroxylation is 1. The fourth-order valence-corrected chi connectivity index (χ4v) is 3.01. The second-order valence-corrected chi connectivity index (χ2v) is 6.02. The molecule has 1 fully saturated rings. The van der Waals surface area contributed by atoms with Gasteiger partial charge in [0.15, 0.2) is 0 Å². The monoisotopic (exact) mass is 275 g/mol. The van der Waals surface area contributed by atoms with Crippen LogP contribution >= 0.6 is 11.8 Å². The highest BCUT2D eigenvalue weighted by Crippen LogP contribution is 2.25. The van der Waals surface area contributed by atoms with Gasteiger partial charge in [0.25, 0.3) is 5.91 Å². The molecule has 1 aromatic heterocycles. The summed E-state index contributed by atoms with van der Waals surface area (Å²) >= 11 is 1.93. The molecule has 1 aliphatic rings. The number of hydrogen-bond acceptors (Lipinski definition) is 3. The summed E-state index contributed by atoms with van der Waals surface area (Å²) in [4.78, 5) is 12.2. The van der Waals surface area contributed by atoms with E-state index in [1.54, 1.807) is 6.26 Å². The maximum atomic E-state index is 12.2. The smallest absolute Gasteiger partial charge is 0.255 e. The molecule has 0 atom stereocenters. The fourth-order valence-electron chi connectivity index (χ4n) is 2.21. The molecule has 1 aliphatic heterocycles. The van der Waals surface area contributed by atoms with Gasteiger partial charge in [-0.05, 0) is 41.5 Å². The van der Waals surface area contributed by atoms with Crippen LogP contribution in [-0.4, -0.2) is 24.0 Å². The van der Waals surface area contributed by atoms with Crippen molar-refractivity contribution < 1.29 is 9.21 Å². The summed E-state index contributed by atoms with van der Waals surface area (Å²) in [6.07, 6.45) is 2.52. The van der Waals surface area contributed by atoms with Crippen molar-refractivity contribution in [1.29, 1.82) is 0 Å². The van der Waals surface area contributed by atoms with E-state index in [9.17, 15) is 4.79 Å². The maximum absolute atomic E-state index is 12.2. The molecule has 100 valence electrons. The van der Waals surface area contributed by atoms with Crippen LogP contribution in [-0.2, 0) is 6.42 Å². The van der Waals surface area contributed by atoms with E-state index in [0.29, 0.717) is 11.5 Å². The van der Waals surface area contributed by atoms with Gasteiger partial charge in [0.1, 0.15) is 11.8 Å². The molecule has 4 heteroatoms. The number of benzene rings is 1. The van der Waals surface area contributed by atoms with Gasteiger partial charge in [-0.1, -0.05) is 13.0 Å². The molecule has 0 spiro atoms. The number of fused-ring (bicyclic) bond motifs is 1. The molecule has 1 amide bonds. The van der Waals surface area contributed by atoms with Crippen molar-refractivity contribution in [3.05, 3.63) is 35.6 Å². The fraction of sp³-hybridized carbons (Fsp3) is 0.400. The zero-order valence-corrected chi connectivity index (χ0v) is 11.8. The van der Waals surface area contributed by atoms with Crippen LogP contribution in [0.25, 0.3) is 11.0 Å². The van der Waals surface area contributed by atoms with Gasteiger partial charge in [0.2, 0.25) is 0 Å². The highest BCUT2D eigenvalue weighted by atomic mass is 32.2. The molecule has 3 rings (SSSR count). The lowest BCUT2D eigenvalue weighted by molar-refractivity contribution is 0.0950. The molecule has 1 aromatic carbocycles. The zero-order valence-electron chi connectivity index (χ0n) is 10.9. The van der Waals surface area contributed by atoms with Crippen molar-refractivity contribution in [3.8, 4) is 0 Å². The lowest BCUT2D eigenvalue weighted by atomic mass is 10.1. The number of furan rings is 1. The molecule has 1 saturated heterocycles. The first-order chi connectivity index (χ1) is 9.28. The molecule has 0 unspecified atom stereocenters. The molecule has 2 aromatic rings. The third-order valence-electron chi connectivity index (χ3n) is 3.55. The number of carbonyl (C=O) groups is 1. The normalized spacial score (nSPS) is 15.4. The Labute approximate surface area is 116 Å². The highest BCUT2D eigenvalue weighted by molar-refractivity contribution is 8.00. The van der Waals surface area contributed by atoms with Crippen LogP contribution < -0.4 is 5.32 Å². The Morgan fingerprint density at radius 1 is 1.47 bits per heavy atom. The van der Waals surface area contributed by atoms with Crippen molar-refractivity contribution in [1.82, 2.24) is 5.32 Å². The van der Waals surface area contributed by atoms with Crippen LogP contribution in [0.2, 0.25) is 0 Å². The largest absolute Gasteiger partial charge is 0.463 e. The molecule has 2 heterocycles. The summed E-state index contributed by atoms with van der Waals surface area (Å²) in [5.41, 5.74) is 2.65. The summed E-state index contributed by atoms with van der Waals surface area (Å²) in [7, 11) is 0. The topological polar surface area (TPSA) is 42.2 Å². The standard InChI is InChI=1S/C15H17NO2S/c1-2-10-3-4-14-12(5-10)13(7-18-14)15(17)16-6-11-8-19-9-11/h3-5,7,11H,2,6,8-9H2,1H3,(H,16,17). The molecule has 0 bridgehead atoms. The van der Waals surface area contributed by atoms with E-state index in [-0.39, 0.29) is 5.91 Å². The Morgan fingerprint density at radius 3 is 3.00 bits per heavy atom. The van der Waals surface area contributed by atoms with Crippen LogP contribution in [0.1, 0.15) is 22.8 Å². The van der Waals surface area contributed by atoms with Gasteiger partial charge >= 0.3 is 0 Å². The number of thioether (sulfide) groups is 1. The highest BCUT2D eigenvalue weighted by Gasteiger charge is 2.20. The predicted molar refractivity (Wildman–Crippen MR) is 78.7 cm³/mol. The van der Waals surface area contributed by atoms with Gasteiger partial charge in [-0.25, -0.2) is 0 Å². The molecule has 1 N–H and O–H groups in total. The Hall–Kier alpha value is -1.42. The summed E-state index contributed by atoms with van der Waals surface area (Å²) < 4.78 is 5.45. The first-order valence-electron chi connectivity index (χ1n) is 6.64. The molecule has 3 nitrogen and oxygen atoms in total. The minimum absolute atomic E-state index is 0.0242. The van der Waals surface area contributed by atoms with E-state index in [0.717, 1.165) is 35.4 Å². The van der Waals surface area contributed by atoms with Gasteiger partial charge in [-0.3, -0.25) is 4.79 Å². The average molecular weight is 275 g/mol. The number of carbonyl (C=O) groups excluding carboxylic acids is 1. The van der Waals surface area contributed by atoms with Crippen molar-refractivity contribution in [3.63, 3.8) is 0 Å². The maximum Gasteiger partial charge on any atom is 0.255 e. The quantitative estimate of drug-likeness (QED) is 0.932. The van der Waals surface area contributed by atoms with E-state index < -0.39 is 0 Å². The first kappa shape index (κ1) is 12.6. The minimum atomic E-state index is -0.0242. The minimum Gasteiger partial charge on any atom is -0.463 e. The van der Waals surface area contributed by atoms with E-state index in [1.807, 2.05) is 30.0 Å². The van der Waals surface area contributed by atoms with Gasteiger partial charge in [-0.15, -0.1) is 0 Å². The summed E-state index contributed by atoms with van der Waals surface area (Å²) in [5, 5.41) is 3.92. The van der Waals surface area contributed by atoms with Crippen LogP contribution in [0.3, 0.4) is 0 Å². The molecular weight excluding hydrogens is 258 g/mol. The van der Waals surface area contributed by atoms with Crippen molar-refractivity contribution in [2.24, 2.45) is 5.92 Å². The van der Waals surface area contributed by atoms with Gasteiger partial charge in [-0.2, -0.15) is 11.8 Å². The van der Waals surface area contributed by atoms with Crippen LogP contribution in [0.15, 0.2) is 28.9 Å². The van der Waals surface area contributed by atoms with Crippen molar-refractivity contribution in [2.75, 3.05) is 18.1 Å².